The van der Waals surface area contributed by atoms with E-state index in [-0.39, 0.29) is 35.6 Å². The Hall–Kier alpha value is -3.47. The first-order valence-electron chi connectivity index (χ1n) is 14.1. The van der Waals surface area contributed by atoms with Crippen molar-refractivity contribution >= 4 is 50.7 Å². The Morgan fingerprint density at radius 1 is 0.909 bits per heavy atom. The molecule has 2 amide bonds. The molecule has 0 fully saturated rings. The fourth-order valence-electron chi connectivity index (χ4n) is 4.86. The molecule has 1 atom stereocenters. The number of ether oxygens (including phenoxy) is 2. The fourth-order valence-corrected chi connectivity index (χ4v) is 6.74. The van der Waals surface area contributed by atoms with Gasteiger partial charge in [0.15, 0.2) is 11.5 Å². The van der Waals surface area contributed by atoms with Gasteiger partial charge in [-0.2, -0.15) is 0 Å². The molecule has 44 heavy (non-hydrogen) atoms. The van der Waals surface area contributed by atoms with Crippen LogP contribution in [0.15, 0.2) is 59.5 Å². The number of methoxy groups -OCH3 is 2. The standard InChI is InChI=1S/C32H39Cl2N3O6S/c1-8-28(32(39)35-20(2)3)36(18-23-9-10-24(33)16-27(23)34)31(38)19-37(25-14-21(4)13-22(5)15-25)44(40,41)26-11-12-29(42-6)30(17-26)43-7/h9-17,20,28H,8,18-19H2,1-7H3,(H,35,39). The minimum atomic E-state index is -4.33. The molecule has 12 heteroatoms. The predicted molar refractivity (Wildman–Crippen MR) is 174 cm³/mol. The number of amides is 2. The summed E-state index contributed by atoms with van der Waals surface area (Å²) in [7, 11) is -1.46. The maximum Gasteiger partial charge on any atom is 0.264 e. The van der Waals surface area contributed by atoms with Crippen LogP contribution in [0.2, 0.25) is 10.0 Å². The monoisotopic (exact) mass is 663 g/mol. The second kappa shape index (κ2) is 15.0. The quantitative estimate of drug-likeness (QED) is 0.235. The minimum absolute atomic E-state index is 0.0457. The van der Waals surface area contributed by atoms with Gasteiger partial charge < -0.3 is 19.7 Å². The molecular weight excluding hydrogens is 625 g/mol. The Morgan fingerprint density at radius 3 is 2.09 bits per heavy atom. The molecule has 0 saturated carbocycles. The van der Waals surface area contributed by atoms with E-state index in [0.717, 1.165) is 15.4 Å². The zero-order valence-electron chi connectivity index (χ0n) is 26.0. The van der Waals surface area contributed by atoms with Crippen molar-refractivity contribution in [2.45, 2.75) is 64.6 Å². The normalized spacial score (nSPS) is 12.0. The van der Waals surface area contributed by atoms with Crippen molar-refractivity contribution in [2.24, 2.45) is 0 Å². The first-order valence-corrected chi connectivity index (χ1v) is 16.3. The number of aryl methyl sites for hydroxylation is 2. The van der Waals surface area contributed by atoms with Gasteiger partial charge in [0.2, 0.25) is 11.8 Å². The zero-order valence-corrected chi connectivity index (χ0v) is 28.3. The molecule has 0 aliphatic heterocycles. The van der Waals surface area contributed by atoms with Crippen molar-refractivity contribution in [3.05, 3.63) is 81.3 Å². The Bertz CT molecular complexity index is 1590. The summed E-state index contributed by atoms with van der Waals surface area (Å²) in [4.78, 5) is 28.9. The van der Waals surface area contributed by atoms with Crippen LogP contribution >= 0.6 is 23.2 Å². The van der Waals surface area contributed by atoms with Crippen LogP contribution in [-0.4, -0.2) is 58.0 Å². The summed E-state index contributed by atoms with van der Waals surface area (Å²) in [5.41, 5.74) is 2.48. The van der Waals surface area contributed by atoms with Crippen LogP contribution in [0.1, 0.15) is 43.9 Å². The summed E-state index contributed by atoms with van der Waals surface area (Å²) in [5, 5.41) is 3.61. The molecular formula is C32H39Cl2N3O6S. The van der Waals surface area contributed by atoms with Gasteiger partial charge in [0.1, 0.15) is 12.6 Å². The van der Waals surface area contributed by atoms with Crippen molar-refractivity contribution in [1.82, 2.24) is 10.2 Å². The largest absolute Gasteiger partial charge is 0.493 e. The van der Waals surface area contributed by atoms with Gasteiger partial charge in [-0.25, -0.2) is 8.42 Å². The third kappa shape index (κ3) is 8.37. The first kappa shape index (κ1) is 35.0. The van der Waals surface area contributed by atoms with Crippen LogP contribution in [0.4, 0.5) is 5.69 Å². The van der Waals surface area contributed by atoms with E-state index in [1.54, 1.807) is 37.3 Å². The number of benzene rings is 3. The molecule has 0 spiro atoms. The maximum absolute atomic E-state index is 14.3. The lowest BCUT2D eigenvalue weighted by Gasteiger charge is -2.34. The van der Waals surface area contributed by atoms with Crippen molar-refractivity contribution in [3.8, 4) is 11.5 Å². The zero-order chi connectivity index (χ0) is 32.8. The minimum Gasteiger partial charge on any atom is -0.493 e. The van der Waals surface area contributed by atoms with E-state index in [4.69, 9.17) is 32.7 Å². The van der Waals surface area contributed by atoms with Crippen LogP contribution in [-0.2, 0) is 26.2 Å². The summed E-state index contributed by atoms with van der Waals surface area (Å²) in [6.45, 7) is 8.49. The Morgan fingerprint density at radius 2 is 1.55 bits per heavy atom. The van der Waals surface area contributed by atoms with Crippen LogP contribution in [0.3, 0.4) is 0 Å². The van der Waals surface area contributed by atoms with E-state index < -0.39 is 28.5 Å². The number of carbonyl (C=O) groups is 2. The van der Waals surface area contributed by atoms with E-state index in [0.29, 0.717) is 27.0 Å². The summed E-state index contributed by atoms with van der Waals surface area (Å²) in [6, 6.07) is 13.3. The lowest BCUT2D eigenvalue weighted by Crippen LogP contribution is -2.53. The van der Waals surface area contributed by atoms with Gasteiger partial charge >= 0.3 is 0 Å². The van der Waals surface area contributed by atoms with E-state index >= 15 is 0 Å². The second-order valence-electron chi connectivity index (χ2n) is 10.7. The highest BCUT2D eigenvalue weighted by Gasteiger charge is 2.34. The van der Waals surface area contributed by atoms with Crippen LogP contribution in [0.5, 0.6) is 11.5 Å². The molecule has 3 rings (SSSR count). The lowest BCUT2D eigenvalue weighted by molar-refractivity contribution is -0.140. The van der Waals surface area contributed by atoms with Gasteiger partial charge in [-0.1, -0.05) is 42.3 Å². The van der Waals surface area contributed by atoms with E-state index in [2.05, 4.69) is 5.32 Å². The smallest absolute Gasteiger partial charge is 0.264 e. The molecule has 0 heterocycles. The van der Waals surface area contributed by atoms with Gasteiger partial charge in [0.05, 0.1) is 24.8 Å². The Kier molecular flexibility index (Phi) is 11.9. The van der Waals surface area contributed by atoms with Gasteiger partial charge in [0.25, 0.3) is 10.0 Å². The predicted octanol–water partition coefficient (Wildman–Crippen LogP) is 6.15. The number of hydrogen-bond donors (Lipinski definition) is 1. The van der Waals surface area contributed by atoms with Gasteiger partial charge in [-0.3, -0.25) is 13.9 Å². The topological polar surface area (TPSA) is 105 Å². The second-order valence-corrected chi connectivity index (χ2v) is 13.4. The number of nitrogens with one attached hydrogen (secondary N) is 1. The third-order valence-electron chi connectivity index (χ3n) is 6.89. The van der Waals surface area contributed by atoms with E-state index in [1.807, 2.05) is 33.8 Å². The molecule has 1 unspecified atom stereocenters. The molecule has 0 aromatic heterocycles. The van der Waals surface area contributed by atoms with Gasteiger partial charge in [-0.15, -0.1) is 0 Å². The third-order valence-corrected chi connectivity index (χ3v) is 9.25. The average Bonchev–Trinajstić information content (AvgIpc) is 2.95. The van der Waals surface area contributed by atoms with Gasteiger partial charge in [0, 0.05) is 28.7 Å². The summed E-state index contributed by atoms with van der Waals surface area (Å²) in [5.74, 6) is -0.379. The molecule has 9 nitrogen and oxygen atoms in total. The van der Waals surface area contributed by atoms with Crippen molar-refractivity contribution in [2.75, 3.05) is 25.1 Å². The molecule has 0 radical (unpaired) electrons. The fraction of sp³-hybridized carbons (Fsp3) is 0.375. The molecule has 0 bridgehead atoms. The van der Waals surface area contributed by atoms with Gasteiger partial charge in [-0.05, 0) is 87.2 Å². The number of hydrogen-bond acceptors (Lipinski definition) is 6. The number of rotatable bonds is 13. The molecule has 3 aromatic rings. The van der Waals surface area contributed by atoms with E-state index in [9.17, 15) is 18.0 Å². The molecule has 0 aliphatic carbocycles. The number of anilines is 1. The highest BCUT2D eigenvalue weighted by Crippen LogP contribution is 2.33. The van der Waals surface area contributed by atoms with Crippen LogP contribution in [0, 0.1) is 13.8 Å². The number of sulfonamides is 1. The van der Waals surface area contributed by atoms with Crippen LogP contribution < -0.4 is 19.1 Å². The highest BCUT2D eigenvalue weighted by molar-refractivity contribution is 7.92. The summed E-state index contributed by atoms with van der Waals surface area (Å²) >= 11 is 12.6. The molecule has 238 valence electrons. The van der Waals surface area contributed by atoms with E-state index in [1.165, 1.54) is 37.3 Å². The maximum atomic E-state index is 14.3. The van der Waals surface area contributed by atoms with Crippen LogP contribution in [0.25, 0.3) is 0 Å². The Balaban J connectivity index is 2.16. The van der Waals surface area contributed by atoms with Crippen molar-refractivity contribution in [3.63, 3.8) is 0 Å². The molecule has 0 saturated heterocycles. The SMILES string of the molecule is CCC(C(=O)NC(C)C)N(Cc1ccc(Cl)cc1Cl)C(=O)CN(c1cc(C)cc(C)c1)S(=O)(=O)c1ccc(OC)c(OC)c1. The lowest BCUT2D eigenvalue weighted by atomic mass is 10.1. The summed E-state index contributed by atoms with van der Waals surface area (Å²) in [6.07, 6.45) is 0.279. The average molecular weight is 665 g/mol. The van der Waals surface area contributed by atoms with Crippen molar-refractivity contribution < 1.29 is 27.5 Å². The first-order chi connectivity index (χ1) is 20.7. The summed E-state index contributed by atoms with van der Waals surface area (Å²) < 4.78 is 40.3. The number of carbonyl (C=O) groups excluding carboxylic acids is 2. The Labute approximate surface area is 270 Å². The molecule has 1 N–H and O–H groups in total. The van der Waals surface area contributed by atoms with Crippen molar-refractivity contribution in [1.29, 1.82) is 0 Å². The molecule has 0 aliphatic rings. The highest BCUT2D eigenvalue weighted by atomic mass is 35.5. The molecule has 3 aromatic carbocycles. The number of nitrogens with zero attached hydrogens (tertiary/aromatic N) is 2. The number of halogens is 2.